The summed E-state index contributed by atoms with van der Waals surface area (Å²) in [4.78, 5) is 0. The maximum Gasteiger partial charge on any atom is 0.494 e. The average molecular weight is 273 g/mol. The highest BCUT2D eigenvalue weighted by Gasteiger charge is 2.51. The summed E-state index contributed by atoms with van der Waals surface area (Å²) in [6, 6.07) is 8.74. The molecule has 2 saturated heterocycles. The van der Waals surface area contributed by atoms with Crippen molar-refractivity contribution in [3.05, 3.63) is 29.8 Å². The molecule has 2 aliphatic heterocycles. The Morgan fingerprint density at radius 2 is 1.65 bits per heavy atom. The van der Waals surface area contributed by atoms with Gasteiger partial charge in [-0.15, -0.1) is 0 Å². The highest BCUT2D eigenvalue weighted by molar-refractivity contribution is 6.62. The molecule has 1 N–H and O–H groups in total. The van der Waals surface area contributed by atoms with Crippen molar-refractivity contribution in [3.8, 4) is 0 Å². The molecule has 2 aliphatic rings. The first-order chi connectivity index (χ1) is 9.39. The van der Waals surface area contributed by atoms with Gasteiger partial charge in [-0.25, -0.2) is 0 Å². The van der Waals surface area contributed by atoms with Gasteiger partial charge in [-0.3, -0.25) is 0 Å². The van der Waals surface area contributed by atoms with Crippen LogP contribution in [-0.4, -0.2) is 31.4 Å². The quantitative estimate of drug-likeness (QED) is 0.837. The fourth-order valence-corrected chi connectivity index (χ4v) is 2.84. The third-order valence-electron chi connectivity index (χ3n) is 4.99. The first kappa shape index (κ1) is 14.1. The lowest BCUT2D eigenvalue weighted by atomic mass is 9.78. The topological polar surface area (TPSA) is 30.5 Å². The van der Waals surface area contributed by atoms with Crippen LogP contribution in [0.1, 0.15) is 45.6 Å². The number of rotatable bonds is 2. The van der Waals surface area contributed by atoms with Gasteiger partial charge in [-0.2, -0.15) is 0 Å². The van der Waals surface area contributed by atoms with Crippen LogP contribution in [0.3, 0.4) is 0 Å². The number of benzene rings is 1. The zero-order chi connectivity index (χ0) is 14.4. The van der Waals surface area contributed by atoms with Crippen molar-refractivity contribution in [1.82, 2.24) is 5.32 Å². The van der Waals surface area contributed by atoms with E-state index in [1.807, 2.05) is 0 Å². The van der Waals surface area contributed by atoms with Gasteiger partial charge in [0.2, 0.25) is 0 Å². The molecule has 1 unspecified atom stereocenters. The van der Waals surface area contributed by atoms with Crippen LogP contribution in [0.2, 0.25) is 0 Å². The molecule has 3 nitrogen and oxygen atoms in total. The highest BCUT2D eigenvalue weighted by atomic mass is 16.7. The van der Waals surface area contributed by atoms with Crippen LogP contribution < -0.4 is 10.8 Å². The van der Waals surface area contributed by atoms with Crippen LogP contribution >= 0.6 is 0 Å². The minimum Gasteiger partial charge on any atom is -0.399 e. The van der Waals surface area contributed by atoms with E-state index in [9.17, 15) is 0 Å². The highest BCUT2D eigenvalue weighted by Crippen LogP contribution is 2.36. The summed E-state index contributed by atoms with van der Waals surface area (Å²) in [5.41, 5.74) is 1.98. The summed E-state index contributed by atoms with van der Waals surface area (Å²) in [5.74, 6) is 0.655. The van der Waals surface area contributed by atoms with Gasteiger partial charge in [0.1, 0.15) is 0 Å². The van der Waals surface area contributed by atoms with Gasteiger partial charge >= 0.3 is 7.12 Å². The molecule has 1 aromatic carbocycles. The van der Waals surface area contributed by atoms with Crippen molar-refractivity contribution in [3.63, 3.8) is 0 Å². The van der Waals surface area contributed by atoms with E-state index in [0.717, 1.165) is 18.6 Å². The van der Waals surface area contributed by atoms with E-state index in [4.69, 9.17) is 9.31 Å². The predicted octanol–water partition coefficient (Wildman–Crippen LogP) is 2.06. The molecule has 3 rings (SSSR count). The molecular formula is C16H24BNO2. The summed E-state index contributed by atoms with van der Waals surface area (Å²) < 4.78 is 12.2. The van der Waals surface area contributed by atoms with Gasteiger partial charge in [0.05, 0.1) is 11.2 Å². The summed E-state index contributed by atoms with van der Waals surface area (Å²) in [7, 11) is -0.254. The molecule has 20 heavy (non-hydrogen) atoms. The van der Waals surface area contributed by atoms with Crippen molar-refractivity contribution >= 4 is 12.6 Å². The van der Waals surface area contributed by atoms with Crippen LogP contribution in [0.4, 0.5) is 0 Å². The zero-order valence-corrected chi connectivity index (χ0v) is 12.9. The second kappa shape index (κ2) is 4.87. The Balaban J connectivity index is 1.75. The molecule has 4 heteroatoms. The number of hydrogen-bond donors (Lipinski definition) is 1. The van der Waals surface area contributed by atoms with Crippen LogP contribution in [-0.2, 0) is 9.31 Å². The van der Waals surface area contributed by atoms with E-state index < -0.39 is 0 Å². The molecule has 2 fully saturated rings. The molecule has 108 valence electrons. The Hall–Kier alpha value is -0.835. The van der Waals surface area contributed by atoms with E-state index in [1.165, 1.54) is 12.0 Å². The van der Waals surface area contributed by atoms with Crippen molar-refractivity contribution in [2.24, 2.45) is 0 Å². The molecule has 2 heterocycles. The molecule has 1 atom stereocenters. The van der Waals surface area contributed by atoms with E-state index in [2.05, 4.69) is 57.3 Å². The summed E-state index contributed by atoms with van der Waals surface area (Å²) in [6.45, 7) is 10.6. The number of hydrogen-bond acceptors (Lipinski definition) is 3. The largest absolute Gasteiger partial charge is 0.494 e. The van der Waals surface area contributed by atoms with Crippen LogP contribution in [0.15, 0.2) is 24.3 Å². The van der Waals surface area contributed by atoms with Gasteiger partial charge in [0.15, 0.2) is 0 Å². The Morgan fingerprint density at radius 3 is 2.15 bits per heavy atom. The molecular weight excluding hydrogens is 249 g/mol. The minimum absolute atomic E-state index is 0.254. The fraction of sp³-hybridized carbons (Fsp3) is 0.625. The molecule has 0 saturated carbocycles. The van der Waals surface area contributed by atoms with Crippen LogP contribution in [0, 0.1) is 0 Å². The van der Waals surface area contributed by atoms with E-state index >= 15 is 0 Å². The third kappa shape index (κ3) is 2.41. The van der Waals surface area contributed by atoms with Gasteiger partial charge in [-0.1, -0.05) is 24.3 Å². The van der Waals surface area contributed by atoms with Crippen molar-refractivity contribution in [1.29, 1.82) is 0 Å². The first-order valence-electron chi connectivity index (χ1n) is 7.55. The van der Waals surface area contributed by atoms with E-state index in [0.29, 0.717) is 5.92 Å². The second-order valence-electron chi connectivity index (χ2n) is 6.94. The Labute approximate surface area is 122 Å². The monoisotopic (exact) mass is 273 g/mol. The number of nitrogens with one attached hydrogen (secondary N) is 1. The summed E-state index contributed by atoms with van der Waals surface area (Å²) in [6.07, 6.45) is 1.23. The van der Waals surface area contributed by atoms with Crippen molar-refractivity contribution in [2.75, 3.05) is 13.1 Å². The maximum absolute atomic E-state index is 6.08. The lowest BCUT2D eigenvalue weighted by molar-refractivity contribution is 0.00578. The van der Waals surface area contributed by atoms with Gasteiger partial charge in [0, 0.05) is 6.54 Å². The van der Waals surface area contributed by atoms with Gasteiger partial charge in [-0.05, 0) is 57.6 Å². The van der Waals surface area contributed by atoms with E-state index in [1.54, 1.807) is 0 Å². The standard InChI is InChI=1S/C16H24BNO2/c1-15(2)16(3,4)20-17(19-15)14-7-5-12(6-8-14)13-9-10-18-11-13/h5-8,13,18H,9-11H2,1-4H3. The lowest BCUT2D eigenvalue weighted by Gasteiger charge is -2.32. The maximum atomic E-state index is 6.08. The molecule has 1 aromatic rings. The molecule has 0 radical (unpaired) electrons. The van der Waals surface area contributed by atoms with Gasteiger partial charge in [0.25, 0.3) is 0 Å². The third-order valence-corrected chi connectivity index (χ3v) is 4.99. The lowest BCUT2D eigenvalue weighted by Crippen LogP contribution is -2.41. The Bertz CT molecular complexity index is 462. The van der Waals surface area contributed by atoms with Crippen LogP contribution in [0.5, 0.6) is 0 Å². The SMILES string of the molecule is CC1(C)OB(c2ccc(C3CCNC3)cc2)OC1(C)C. The van der Waals surface area contributed by atoms with Crippen LogP contribution in [0.25, 0.3) is 0 Å². The minimum atomic E-state index is -0.272. The molecule has 0 amide bonds. The molecule has 0 aliphatic carbocycles. The summed E-state index contributed by atoms with van der Waals surface area (Å²) >= 11 is 0. The Morgan fingerprint density at radius 1 is 1.05 bits per heavy atom. The average Bonchev–Trinajstić information content (AvgIpc) is 2.97. The van der Waals surface area contributed by atoms with Gasteiger partial charge < -0.3 is 14.6 Å². The predicted molar refractivity (Wildman–Crippen MR) is 82.4 cm³/mol. The first-order valence-corrected chi connectivity index (χ1v) is 7.55. The van der Waals surface area contributed by atoms with Crippen molar-refractivity contribution < 1.29 is 9.31 Å². The Kier molecular flexibility index (Phi) is 3.43. The summed E-state index contributed by atoms with van der Waals surface area (Å²) in [5, 5.41) is 3.41. The van der Waals surface area contributed by atoms with E-state index in [-0.39, 0.29) is 18.3 Å². The normalized spacial score (nSPS) is 28.0. The molecule has 0 aromatic heterocycles. The fourth-order valence-electron chi connectivity index (χ4n) is 2.84. The molecule has 0 spiro atoms. The second-order valence-corrected chi connectivity index (χ2v) is 6.94. The van der Waals surface area contributed by atoms with Crippen molar-refractivity contribution in [2.45, 2.75) is 51.2 Å². The molecule has 0 bridgehead atoms. The zero-order valence-electron chi connectivity index (χ0n) is 12.9. The smallest absolute Gasteiger partial charge is 0.399 e.